The first-order chi connectivity index (χ1) is 12.4. The van der Waals surface area contributed by atoms with Crippen molar-refractivity contribution in [3.05, 3.63) is 12.2 Å². The number of fused-ring (bicyclic) bond motifs is 8. The van der Waals surface area contributed by atoms with Gasteiger partial charge < -0.3 is 14.2 Å². The van der Waals surface area contributed by atoms with E-state index in [-0.39, 0.29) is 47.7 Å². The maximum Gasteiger partial charge on any atom is 0.333 e. The lowest BCUT2D eigenvalue weighted by molar-refractivity contribution is -0.190. The molecule has 0 aromatic rings. The van der Waals surface area contributed by atoms with E-state index in [0.29, 0.717) is 23.3 Å². The third kappa shape index (κ3) is 2.20. The van der Waals surface area contributed by atoms with Gasteiger partial charge in [0.05, 0.1) is 26.1 Å². The highest BCUT2D eigenvalue weighted by Crippen LogP contribution is 2.72. The number of ether oxygens (including phenoxy) is 3. The van der Waals surface area contributed by atoms with Crippen molar-refractivity contribution >= 4 is 17.9 Å². The van der Waals surface area contributed by atoms with Crippen LogP contribution < -0.4 is 0 Å². The first-order valence-corrected chi connectivity index (χ1v) is 9.42. The quantitative estimate of drug-likeness (QED) is 0.432. The van der Waals surface area contributed by atoms with Crippen LogP contribution in [0.5, 0.6) is 0 Å². The minimum atomic E-state index is -0.425. The fourth-order valence-corrected chi connectivity index (χ4v) is 6.78. The van der Waals surface area contributed by atoms with Crippen molar-refractivity contribution in [2.45, 2.75) is 32.3 Å². The van der Waals surface area contributed by atoms with E-state index in [1.807, 2.05) is 0 Å². The fourth-order valence-electron chi connectivity index (χ4n) is 6.78. The van der Waals surface area contributed by atoms with Gasteiger partial charge in [-0.2, -0.15) is 0 Å². The van der Waals surface area contributed by atoms with Crippen molar-refractivity contribution in [3.63, 3.8) is 0 Å². The van der Waals surface area contributed by atoms with Gasteiger partial charge in [-0.15, -0.1) is 0 Å². The highest BCUT2D eigenvalue weighted by molar-refractivity contribution is 5.87. The highest BCUT2D eigenvalue weighted by Gasteiger charge is 2.74. The molecular weight excluding hydrogens is 336 g/mol. The largest absolute Gasteiger partial charge is 0.469 e. The minimum absolute atomic E-state index is 0.101. The molecule has 0 aromatic heterocycles. The average molecular weight is 362 g/mol. The average Bonchev–Trinajstić information content (AvgIpc) is 3.24. The van der Waals surface area contributed by atoms with Crippen LogP contribution in [0.3, 0.4) is 0 Å². The topological polar surface area (TPSA) is 78.9 Å². The molecule has 4 rings (SSSR count). The van der Waals surface area contributed by atoms with Crippen LogP contribution in [0.25, 0.3) is 0 Å². The number of rotatable bonds is 4. The van der Waals surface area contributed by atoms with Gasteiger partial charge >= 0.3 is 17.9 Å². The molecule has 142 valence electrons. The third-order valence-corrected chi connectivity index (χ3v) is 7.50. The molecule has 4 aliphatic carbocycles. The molecule has 0 spiro atoms. The summed E-state index contributed by atoms with van der Waals surface area (Å²) in [5.41, 5.74) is 0.413. The number of carbonyl (C=O) groups is 3. The molecule has 0 saturated heterocycles. The van der Waals surface area contributed by atoms with E-state index in [2.05, 4.69) is 6.58 Å². The molecule has 6 nitrogen and oxygen atoms in total. The van der Waals surface area contributed by atoms with Crippen molar-refractivity contribution in [1.29, 1.82) is 0 Å². The highest BCUT2D eigenvalue weighted by atomic mass is 16.5. The molecule has 4 aliphatic rings. The lowest BCUT2D eigenvalue weighted by Gasteiger charge is -2.54. The number of carbonyl (C=O) groups excluding carboxylic acids is 3. The van der Waals surface area contributed by atoms with Crippen molar-refractivity contribution in [3.8, 4) is 0 Å². The van der Waals surface area contributed by atoms with Crippen LogP contribution in [0.2, 0.25) is 0 Å². The standard InChI is InChI=1S/C20H26O6/c1-8(2)18(21)26-12-6-5-9-10-7-11(13(9)12)15-14(10)16(19(22)24-3)17(15)20(23)25-4/h9-17H,1,5-7H2,2-4H3. The summed E-state index contributed by atoms with van der Waals surface area (Å²) in [6, 6.07) is 0. The van der Waals surface area contributed by atoms with Crippen LogP contribution >= 0.6 is 0 Å². The lowest BCUT2D eigenvalue weighted by Crippen LogP contribution is -2.60. The number of hydrogen-bond donors (Lipinski definition) is 0. The number of methoxy groups -OCH3 is 2. The second-order valence-corrected chi connectivity index (χ2v) is 8.36. The van der Waals surface area contributed by atoms with Crippen molar-refractivity contribution in [2.75, 3.05) is 14.2 Å². The Morgan fingerprint density at radius 2 is 1.42 bits per heavy atom. The summed E-state index contributed by atoms with van der Waals surface area (Å²) >= 11 is 0. The smallest absolute Gasteiger partial charge is 0.333 e. The van der Waals surface area contributed by atoms with E-state index in [9.17, 15) is 14.4 Å². The van der Waals surface area contributed by atoms with E-state index in [0.717, 1.165) is 19.3 Å². The third-order valence-electron chi connectivity index (χ3n) is 7.50. The van der Waals surface area contributed by atoms with Gasteiger partial charge in [0.25, 0.3) is 0 Å². The molecule has 4 saturated carbocycles. The molecule has 2 bridgehead atoms. The molecule has 9 atom stereocenters. The fraction of sp³-hybridized carbons (Fsp3) is 0.750. The summed E-state index contributed by atoms with van der Waals surface area (Å²) in [7, 11) is 2.75. The van der Waals surface area contributed by atoms with Gasteiger partial charge in [-0.05, 0) is 55.8 Å². The van der Waals surface area contributed by atoms with Gasteiger partial charge in [-0.25, -0.2) is 4.79 Å². The Balaban J connectivity index is 1.58. The lowest BCUT2D eigenvalue weighted by atomic mass is 9.48. The molecule has 4 fully saturated rings. The molecule has 0 N–H and O–H groups in total. The summed E-state index contributed by atoms with van der Waals surface area (Å²) in [6.45, 7) is 5.33. The number of hydrogen-bond acceptors (Lipinski definition) is 6. The van der Waals surface area contributed by atoms with Crippen LogP contribution in [-0.4, -0.2) is 38.2 Å². The zero-order valence-corrected chi connectivity index (χ0v) is 15.5. The molecule has 0 heterocycles. The van der Waals surface area contributed by atoms with E-state index >= 15 is 0 Å². The Morgan fingerprint density at radius 1 is 0.846 bits per heavy atom. The predicted molar refractivity (Wildman–Crippen MR) is 90.5 cm³/mol. The normalized spacial score (nSPS) is 44.5. The van der Waals surface area contributed by atoms with Crippen LogP contribution in [0.1, 0.15) is 26.2 Å². The molecule has 0 amide bonds. The predicted octanol–water partition coefficient (Wildman–Crippen LogP) is 1.97. The molecule has 0 radical (unpaired) electrons. The Labute approximate surface area is 153 Å². The molecule has 0 aromatic carbocycles. The maximum absolute atomic E-state index is 12.4. The molecule has 0 aliphatic heterocycles. The zero-order chi connectivity index (χ0) is 18.7. The number of esters is 3. The minimum Gasteiger partial charge on any atom is -0.469 e. The SMILES string of the molecule is C=C(C)C(=O)OC1CCC2C3CC(C12)C1C(C(=O)OC)C(C(=O)OC)C31. The molecular formula is C20H26O6. The summed E-state index contributed by atoms with van der Waals surface area (Å²) in [5.74, 6) is 0.0604. The Morgan fingerprint density at radius 3 is 1.96 bits per heavy atom. The second kappa shape index (κ2) is 6.10. The summed E-state index contributed by atoms with van der Waals surface area (Å²) in [6.07, 6.45) is 2.77. The Bertz CT molecular complexity index is 669. The van der Waals surface area contributed by atoms with Crippen LogP contribution in [0.15, 0.2) is 12.2 Å². The summed E-state index contributed by atoms with van der Waals surface area (Å²) in [5, 5.41) is 0. The van der Waals surface area contributed by atoms with Crippen molar-refractivity contribution in [2.24, 2.45) is 47.3 Å². The zero-order valence-electron chi connectivity index (χ0n) is 15.5. The van der Waals surface area contributed by atoms with Crippen molar-refractivity contribution < 1.29 is 28.6 Å². The van der Waals surface area contributed by atoms with Crippen LogP contribution in [-0.2, 0) is 28.6 Å². The van der Waals surface area contributed by atoms with Gasteiger partial charge in [0.1, 0.15) is 6.10 Å². The van der Waals surface area contributed by atoms with Gasteiger partial charge in [-0.1, -0.05) is 6.58 Å². The van der Waals surface area contributed by atoms with E-state index in [1.165, 1.54) is 14.2 Å². The second-order valence-electron chi connectivity index (χ2n) is 8.36. The van der Waals surface area contributed by atoms with E-state index < -0.39 is 5.92 Å². The summed E-state index contributed by atoms with van der Waals surface area (Å²) in [4.78, 5) is 36.7. The van der Waals surface area contributed by atoms with Gasteiger partial charge in [0.2, 0.25) is 0 Å². The first kappa shape index (κ1) is 17.6. The van der Waals surface area contributed by atoms with Gasteiger partial charge in [0.15, 0.2) is 0 Å². The Hall–Kier alpha value is -1.85. The summed E-state index contributed by atoms with van der Waals surface area (Å²) < 4.78 is 15.7. The monoisotopic (exact) mass is 362 g/mol. The molecule has 6 heteroatoms. The molecule has 26 heavy (non-hydrogen) atoms. The van der Waals surface area contributed by atoms with Crippen molar-refractivity contribution in [1.82, 2.24) is 0 Å². The molecule has 9 unspecified atom stereocenters. The van der Waals surface area contributed by atoms with E-state index in [4.69, 9.17) is 14.2 Å². The maximum atomic E-state index is 12.4. The Kier molecular flexibility index (Phi) is 4.12. The van der Waals surface area contributed by atoms with Gasteiger partial charge in [-0.3, -0.25) is 9.59 Å². The van der Waals surface area contributed by atoms with Crippen LogP contribution in [0.4, 0.5) is 0 Å². The van der Waals surface area contributed by atoms with Gasteiger partial charge in [0, 0.05) is 11.5 Å². The first-order valence-electron chi connectivity index (χ1n) is 9.42. The van der Waals surface area contributed by atoms with E-state index in [1.54, 1.807) is 6.92 Å². The van der Waals surface area contributed by atoms with Crippen LogP contribution in [0, 0.1) is 47.3 Å².